The molecule has 2 heterocycles. The van der Waals surface area contributed by atoms with Crippen LogP contribution < -0.4 is 11.1 Å². The van der Waals surface area contributed by atoms with Crippen LogP contribution in [0.3, 0.4) is 0 Å². The van der Waals surface area contributed by atoms with Gasteiger partial charge in [-0.15, -0.1) is 0 Å². The summed E-state index contributed by atoms with van der Waals surface area (Å²) in [4.78, 5) is 7.91. The number of aromatic nitrogens is 2. The minimum Gasteiger partial charge on any atom is -0.383 e. The van der Waals surface area contributed by atoms with E-state index in [4.69, 9.17) is 5.73 Å². The van der Waals surface area contributed by atoms with E-state index in [9.17, 15) is 4.39 Å². The summed E-state index contributed by atoms with van der Waals surface area (Å²) in [5.41, 5.74) is 8.21. The maximum atomic E-state index is 13.9. The maximum absolute atomic E-state index is 13.9. The van der Waals surface area contributed by atoms with E-state index in [0.29, 0.717) is 17.9 Å². The number of hydrogen-bond donors (Lipinski definition) is 2. The minimum atomic E-state index is -0.352. The van der Waals surface area contributed by atoms with Gasteiger partial charge in [0.05, 0.1) is 12.2 Å². The summed E-state index contributed by atoms with van der Waals surface area (Å²) in [5.74, 6) is 0.0575. The van der Waals surface area contributed by atoms with E-state index < -0.39 is 0 Å². The van der Waals surface area contributed by atoms with E-state index in [1.54, 1.807) is 18.5 Å². The fourth-order valence-electron chi connectivity index (χ4n) is 2.05. The number of hydrogen-bond acceptors (Lipinski definition) is 4. The monoisotopic (exact) mass is 260 g/mol. The summed E-state index contributed by atoms with van der Waals surface area (Å²) in [7, 11) is 0. The minimum absolute atomic E-state index is 0.319. The lowest BCUT2D eigenvalue weighted by molar-refractivity contribution is 0.554. The van der Waals surface area contributed by atoms with Crippen molar-refractivity contribution in [2.24, 2.45) is 0 Å². The van der Waals surface area contributed by atoms with E-state index in [1.807, 2.05) is 19.9 Å². The molecule has 0 aliphatic rings. The summed E-state index contributed by atoms with van der Waals surface area (Å²) in [6.07, 6.45) is 4.48. The lowest BCUT2D eigenvalue weighted by Crippen LogP contribution is -2.24. The highest BCUT2D eigenvalue weighted by Crippen LogP contribution is 2.27. The first-order valence-electron chi connectivity index (χ1n) is 6.18. The zero-order valence-electron chi connectivity index (χ0n) is 11.0. The third kappa shape index (κ3) is 2.88. The van der Waals surface area contributed by atoms with Gasteiger partial charge >= 0.3 is 0 Å². The average Bonchev–Trinajstić information content (AvgIpc) is 2.40. The van der Waals surface area contributed by atoms with Gasteiger partial charge in [-0.05, 0) is 31.2 Å². The van der Waals surface area contributed by atoms with Crippen LogP contribution in [0.2, 0.25) is 0 Å². The Bertz CT molecular complexity index is 571. The van der Waals surface area contributed by atoms with Crippen LogP contribution in [-0.4, -0.2) is 16.5 Å². The van der Waals surface area contributed by atoms with Gasteiger partial charge in [0.15, 0.2) is 0 Å². The molecular formula is C14H17FN4. The first-order chi connectivity index (χ1) is 9.13. The number of nitrogens with one attached hydrogen (secondary N) is 1. The lowest BCUT2D eigenvalue weighted by Gasteiger charge is -2.20. The molecule has 0 saturated carbocycles. The topological polar surface area (TPSA) is 63.8 Å². The van der Waals surface area contributed by atoms with E-state index in [0.717, 1.165) is 11.1 Å². The van der Waals surface area contributed by atoms with Gasteiger partial charge in [0.2, 0.25) is 0 Å². The van der Waals surface area contributed by atoms with E-state index in [1.165, 1.54) is 6.20 Å². The molecule has 0 bridgehead atoms. The molecule has 5 heteroatoms. The first kappa shape index (κ1) is 13.4. The van der Waals surface area contributed by atoms with Crippen molar-refractivity contribution < 1.29 is 4.39 Å². The lowest BCUT2D eigenvalue weighted by atomic mass is 9.98. The van der Waals surface area contributed by atoms with Crippen LogP contribution in [0, 0.1) is 12.7 Å². The number of nitrogens with two attached hydrogens (primary N) is 1. The molecule has 0 aliphatic heterocycles. The van der Waals surface area contributed by atoms with Crippen molar-refractivity contribution >= 4 is 5.82 Å². The van der Waals surface area contributed by atoms with Gasteiger partial charge in [-0.2, -0.15) is 0 Å². The predicted molar refractivity (Wildman–Crippen MR) is 73.1 cm³/mol. The van der Waals surface area contributed by atoms with Crippen LogP contribution in [0.15, 0.2) is 30.7 Å². The molecule has 1 atom stereocenters. The van der Waals surface area contributed by atoms with Crippen LogP contribution in [0.4, 0.5) is 10.2 Å². The number of nitrogen functional groups attached to an aromatic ring is 1. The van der Waals surface area contributed by atoms with Crippen molar-refractivity contribution in [3.8, 4) is 0 Å². The molecule has 0 aromatic carbocycles. The molecule has 0 aliphatic carbocycles. The van der Waals surface area contributed by atoms with Gasteiger partial charge in [0, 0.05) is 23.5 Å². The Labute approximate surface area is 111 Å². The summed E-state index contributed by atoms with van der Waals surface area (Å²) in [6.45, 7) is 4.59. The summed E-state index contributed by atoms with van der Waals surface area (Å²) >= 11 is 0. The fourth-order valence-corrected chi connectivity index (χ4v) is 2.05. The molecule has 0 radical (unpaired) electrons. The molecular weight excluding hydrogens is 243 g/mol. The summed E-state index contributed by atoms with van der Waals surface area (Å²) in [5, 5.41) is 3.24. The van der Waals surface area contributed by atoms with Crippen molar-refractivity contribution in [3.63, 3.8) is 0 Å². The molecule has 0 spiro atoms. The Kier molecular flexibility index (Phi) is 4.06. The number of nitrogens with zero attached hydrogens (tertiary/aromatic N) is 2. The Morgan fingerprint density at radius 1 is 1.37 bits per heavy atom. The van der Waals surface area contributed by atoms with E-state index in [2.05, 4.69) is 15.3 Å². The van der Waals surface area contributed by atoms with Crippen LogP contribution in [0.5, 0.6) is 0 Å². The Morgan fingerprint density at radius 3 is 2.84 bits per heavy atom. The van der Waals surface area contributed by atoms with Crippen molar-refractivity contribution in [2.45, 2.75) is 19.9 Å². The second-order valence-electron chi connectivity index (χ2n) is 4.38. The Hall–Kier alpha value is -2.01. The molecule has 0 amide bonds. The first-order valence-corrected chi connectivity index (χ1v) is 6.18. The van der Waals surface area contributed by atoms with Crippen molar-refractivity contribution in [1.29, 1.82) is 0 Å². The number of pyridine rings is 2. The van der Waals surface area contributed by atoms with Gasteiger partial charge in [-0.3, -0.25) is 4.98 Å². The summed E-state index contributed by atoms with van der Waals surface area (Å²) < 4.78 is 13.9. The maximum Gasteiger partial charge on any atom is 0.146 e. The highest BCUT2D eigenvalue weighted by molar-refractivity contribution is 5.47. The van der Waals surface area contributed by atoms with E-state index in [-0.39, 0.29) is 11.9 Å². The molecule has 4 nitrogen and oxygen atoms in total. The summed E-state index contributed by atoms with van der Waals surface area (Å²) in [6, 6.07) is 3.26. The largest absolute Gasteiger partial charge is 0.383 e. The standard InChI is InChI=1S/C14H17FN4/c1-3-18-13(10-4-5-17-8-12(10)15)11-6-9(2)7-19-14(11)16/h4-8,13,18H,3H2,1-2H3,(H2,16,19). The van der Waals surface area contributed by atoms with Gasteiger partial charge in [0.1, 0.15) is 11.6 Å². The SMILES string of the molecule is CCNC(c1ccncc1F)c1cc(C)cnc1N. The number of aryl methyl sites for hydroxylation is 1. The Morgan fingerprint density at radius 2 is 2.16 bits per heavy atom. The molecule has 2 rings (SSSR count). The highest BCUT2D eigenvalue weighted by atomic mass is 19.1. The van der Waals surface area contributed by atoms with Crippen molar-refractivity contribution in [1.82, 2.24) is 15.3 Å². The third-order valence-electron chi connectivity index (χ3n) is 2.92. The molecule has 2 aromatic rings. The Balaban J connectivity index is 2.51. The average molecular weight is 260 g/mol. The molecule has 2 aromatic heterocycles. The van der Waals surface area contributed by atoms with Gasteiger partial charge in [-0.1, -0.05) is 6.92 Å². The molecule has 1 unspecified atom stereocenters. The van der Waals surface area contributed by atoms with Gasteiger partial charge in [-0.25, -0.2) is 9.37 Å². The normalized spacial score (nSPS) is 12.4. The quantitative estimate of drug-likeness (QED) is 0.884. The van der Waals surface area contributed by atoms with Crippen LogP contribution >= 0.6 is 0 Å². The highest BCUT2D eigenvalue weighted by Gasteiger charge is 2.19. The number of anilines is 1. The number of rotatable bonds is 4. The van der Waals surface area contributed by atoms with Crippen LogP contribution in [0.1, 0.15) is 29.7 Å². The third-order valence-corrected chi connectivity index (χ3v) is 2.92. The van der Waals surface area contributed by atoms with Crippen LogP contribution in [0.25, 0.3) is 0 Å². The molecule has 0 fully saturated rings. The number of halogens is 1. The molecule has 100 valence electrons. The van der Waals surface area contributed by atoms with Crippen molar-refractivity contribution in [2.75, 3.05) is 12.3 Å². The van der Waals surface area contributed by atoms with Gasteiger partial charge < -0.3 is 11.1 Å². The molecule has 19 heavy (non-hydrogen) atoms. The zero-order valence-corrected chi connectivity index (χ0v) is 11.0. The van der Waals surface area contributed by atoms with Crippen LogP contribution in [-0.2, 0) is 0 Å². The second kappa shape index (κ2) is 5.75. The molecule has 0 saturated heterocycles. The van der Waals surface area contributed by atoms with E-state index >= 15 is 0 Å². The van der Waals surface area contributed by atoms with Gasteiger partial charge in [0.25, 0.3) is 0 Å². The smallest absolute Gasteiger partial charge is 0.146 e. The van der Waals surface area contributed by atoms with Crippen molar-refractivity contribution in [3.05, 3.63) is 53.2 Å². The fraction of sp³-hybridized carbons (Fsp3) is 0.286. The predicted octanol–water partition coefficient (Wildman–Crippen LogP) is 2.21. The second-order valence-corrected chi connectivity index (χ2v) is 4.38. The molecule has 3 N–H and O–H groups in total. The zero-order chi connectivity index (χ0) is 13.8.